The van der Waals surface area contributed by atoms with Gasteiger partial charge in [-0.25, -0.2) is 9.59 Å². The smallest absolute Gasteiger partial charge is 0.414 e. The number of esters is 1. The van der Waals surface area contributed by atoms with Crippen LogP contribution in [0, 0.1) is 11.8 Å². The highest BCUT2D eigenvalue weighted by molar-refractivity contribution is 6.27. The molecule has 1 saturated heterocycles. The number of carbonyl (C=O) groups is 3. The third-order valence-corrected chi connectivity index (χ3v) is 2.99. The summed E-state index contributed by atoms with van der Waals surface area (Å²) in [7, 11) is 1.45. The lowest BCUT2D eigenvalue weighted by Crippen LogP contribution is -2.39. The maximum Gasteiger partial charge on any atom is 0.414 e. The van der Waals surface area contributed by atoms with Crippen molar-refractivity contribution >= 4 is 17.9 Å². The number of aliphatic carboxylic acids is 2. The third kappa shape index (κ3) is 8.47. The number of carbonyl (C=O) groups excluding carboxylic acids is 1. The standard InChI is InChI=1S/C11H21NO2.C2H2O4/c1-9-6-10(2)8-12(7-9)5-4-11(13)14-3;3-1(4)2(5)6/h9-10H,4-8H2,1-3H3;(H,3,4)(H,5,6). The number of ether oxygens (including phenoxy) is 1. The van der Waals surface area contributed by atoms with Crippen LogP contribution in [-0.4, -0.2) is 59.8 Å². The fourth-order valence-corrected chi connectivity index (χ4v) is 2.33. The highest BCUT2D eigenvalue weighted by Gasteiger charge is 2.21. The molecule has 0 amide bonds. The van der Waals surface area contributed by atoms with E-state index >= 15 is 0 Å². The molecule has 0 aromatic carbocycles. The lowest BCUT2D eigenvalue weighted by atomic mass is 9.92. The van der Waals surface area contributed by atoms with Crippen LogP contribution in [0.3, 0.4) is 0 Å². The van der Waals surface area contributed by atoms with Gasteiger partial charge in [0.25, 0.3) is 0 Å². The van der Waals surface area contributed by atoms with Crippen molar-refractivity contribution in [1.82, 2.24) is 4.90 Å². The van der Waals surface area contributed by atoms with Crippen molar-refractivity contribution in [1.29, 1.82) is 0 Å². The first-order valence-corrected chi connectivity index (χ1v) is 6.51. The molecule has 2 unspecified atom stereocenters. The van der Waals surface area contributed by atoms with Gasteiger partial charge in [0.2, 0.25) is 0 Å². The van der Waals surface area contributed by atoms with E-state index in [9.17, 15) is 4.79 Å². The molecule has 2 N–H and O–H groups in total. The number of methoxy groups -OCH3 is 1. The molecule has 1 heterocycles. The molecule has 116 valence electrons. The molecule has 0 saturated carbocycles. The van der Waals surface area contributed by atoms with E-state index in [1.807, 2.05) is 0 Å². The maximum absolute atomic E-state index is 11.0. The molecular weight excluding hydrogens is 266 g/mol. The Morgan fingerprint density at radius 2 is 1.55 bits per heavy atom. The highest BCUT2D eigenvalue weighted by Crippen LogP contribution is 2.20. The summed E-state index contributed by atoms with van der Waals surface area (Å²) in [5, 5.41) is 14.8. The third-order valence-electron chi connectivity index (χ3n) is 2.99. The number of likely N-dealkylation sites (tertiary alicyclic amines) is 1. The summed E-state index contributed by atoms with van der Waals surface area (Å²) in [5.41, 5.74) is 0. The maximum atomic E-state index is 11.0. The van der Waals surface area contributed by atoms with Crippen LogP contribution in [0.2, 0.25) is 0 Å². The molecule has 1 aliphatic heterocycles. The number of rotatable bonds is 3. The van der Waals surface area contributed by atoms with Gasteiger partial charge in [-0.3, -0.25) is 4.79 Å². The summed E-state index contributed by atoms with van der Waals surface area (Å²) in [6, 6.07) is 0. The van der Waals surface area contributed by atoms with Gasteiger partial charge in [-0.1, -0.05) is 13.8 Å². The first kappa shape index (κ1) is 18.4. The zero-order valence-corrected chi connectivity index (χ0v) is 12.2. The van der Waals surface area contributed by atoms with Gasteiger partial charge in [0, 0.05) is 19.6 Å². The minimum atomic E-state index is -1.82. The Hall–Kier alpha value is -1.63. The molecule has 1 fully saturated rings. The van der Waals surface area contributed by atoms with Crippen molar-refractivity contribution in [3.05, 3.63) is 0 Å². The summed E-state index contributed by atoms with van der Waals surface area (Å²) in [4.78, 5) is 31.5. The Morgan fingerprint density at radius 3 is 1.90 bits per heavy atom. The molecule has 0 bridgehead atoms. The van der Waals surface area contributed by atoms with Crippen LogP contribution in [0.5, 0.6) is 0 Å². The topological polar surface area (TPSA) is 104 Å². The predicted octanol–water partition coefficient (Wildman–Crippen LogP) is 0.683. The van der Waals surface area contributed by atoms with E-state index in [-0.39, 0.29) is 5.97 Å². The van der Waals surface area contributed by atoms with E-state index in [0.717, 1.165) is 31.5 Å². The first-order chi connectivity index (χ1) is 9.26. The van der Waals surface area contributed by atoms with E-state index in [4.69, 9.17) is 19.8 Å². The molecular formula is C13H23NO6. The van der Waals surface area contributed by atoms with E-state index in [2.05, 4.69) is 23.5 Å². The molecule has 1 aliphatic rings. The van der Waals surface area contributed by atoms with Gasteiger partial charge in [0.15, 0.2) is 0 Å². The molecule has 7 heteroatoms. The van der Waals surface area contributed by atoms with Gasteiger partial charge < -0.3 is 19.8 Å². The molecule has 0 aliphatic carbocycles. The quantitative estimate of drug-likeness (QED) is 0.581. The van der Waals surface area contributed by atoms with E-state index in [0.29, 0.717) is 6.42 Å². The normalized spacial score (nSPS) is 22.4. The summed E-state index contributed by atoms with van der Waals surface area (Å²) in [6.45, 7) is 7.66. The number of hydrogen-bond donors (Lipinski definition) is 2. The van der Waals surface area contributed by atoms with E-state index < -0.39 is 11.9 Å². The van der Waals surface area contributed by atoms with Crippen molar-refractivity contribution in [2.24, 2.45) is 11.8 Å². The Labute approximate surface area is 118 Å². The number of carboxylic acid groups (broad SMARTS) is 2. The molecule has 20 heavy (non-hydrogen) atoms. The lowest BCUT2D eigenvalue weighted by Gasteiger charge is -2.34. The molecule has 7 nitrogen and oxygen atoms in total. The van der Waals surface area contributed by atoms with Crippen molar-refractivity contribution in [2.75, 3.05) is 26.7 Å². The summed E-state index contributed by atoms with van der Waals surface area (Å²) in [6.07, 6.45) is 1.84. The molecule has 0 aromatic heterocycles. The Bertz CT molecular complexity index is 322. The molecule has 2 atom stereocenters. The van der Waals surface area contributed by atoms with Gasteiger partial charge >= 0.3 is 17.9 Å². The molecule has 0 aromatic rings. The fraction of sp³-hybridized carbons (Fsp3) is 0.769. The summed E-state index contributed by atoms with van der Waals surface area (Å²) < 4.78 is 4.63. The minimum absolute atomic E-state index is 0.101. The number of hydrogen-bond acceptors (Lipinski definition) is 5. The van der Waals surface area contributed by atoms with Gasteiger partial charge in [-0.05, 0) is 18.3 Å². The zero-order chi connectivity index (χ0) is 15.7. The SMILES string of the molecule is COC(=O)CCN1CC(C)CC(C)C1.O=C(O)C(=O)O. The first-order valence-electron chi connectivity index (χ1n) is 6.51. The van der Waals surface area contributed by atoms with Crippen molar-refractivity contribution in [3.8, 4) is 0 Å². The van der Waals surface area contributed by atoms with Crippen LogP contribution in [-0.2, 0) is 19.1 Å². The van der Waals surface area contributed by atoms with Gasteiger partial charge in [0.05, 0.1) is 13.5 Å². The fourth-order valence-electron chi connectivity index (χ4n) is 2.33. The van der Waals surface area contributed by atoms with Crippen LogP contribution in [0.4, 0.5) is 0 Å². The van der Waals surface area contributed by atoms with E-state index in [1.54, 1.807) is 0 Å². The van der Waals surface area contributed by atoms with Crippen LogP contribution < -0.4 is 0 Å². The number of nitrogens with zero attached hydrogens (tertiary/aromatic N) is 1. The second-order valence-electron chi connectivity index (χ2n) is 5.14. The van der Waals surface area contributed by atoms with Gasteiger partial charge in [-0.2, -0.15) is 0 Å². The average Bonchev–Trinajstić information content (AvgIpc) is 2.35. The van der Waals surface area contributed by atoms with Crippen molar-refractivity contribution in [2.45, 2.75) is 26.7 Å². The predicted molar refractivity (Wildman–Crippen MR) is 71.3 cm³/mol. The Kier molecular flexibility index (Phi) is 8.54. The summed E-state index contributed by atoms with van der Waals surface area (Å²) >= 11 is 0. The van der Waals surface area contributed by atoms with Gasteiger partial charge in [0.1, 0.15) is 0 Å². The van der Waals surface area contributed by atoms with Gasteiger partial charge in [-0.15, -0.1) is 0 Å². The second-order valence-corrected chi connectivity index (χ2v) is 5.14. The second kappa shape index (κ2) is 9.30. The van der Waals surface area contributed by atoms with Crippen LogP contribution in [0.1, 0.15) is 26.7 Å². The van der Waals surface area contributed by atoms with E-state index in [1.165, 1.54) is 13.5 Å². The molecule has 0 radical (unpaired) electrons. The summed E-state index contributed by atoms with van der Waals surface area (Å²) in [5.74, 6) is -2.23. The number of piperidine rings is 1. The molecule has 1 rings (SSSR count). The monoisotopic (exact) mass is 289 g/mol. The Balaban J connectivity index is 0.000000511. The molecule has 0 spiro atoms. The lowest BCUT2D eigenvalue weighted by molar-refractivity contribution is -0.159. The number of carboxylic acids is 2. The average molecular weight is 289 g/mol. The largest absolute Gasteiger partial charge is 0.473 e. The van der Waals surface area contributed by atoms with Crippen molar-refractivity contribution < 1.29 is 29.3 Å². The highest BCUT2D eigenvalue weighted by atomic mass is 16.5. The van der Waals surface area contributed by atoms with Crippen LogP contribution >= 0.6 is 0 Å². The Morgan fingerprint density at radius 1 is 1.10 bits per heavy atom. The van der Waals surface area contributed by atoms with Crippen LogP contribution in [0.25, 0.3) is 0 Å². The zero-order valence-electron chi connectivity index (χ0n) is 12.2. The van der Waals surface area contributed by atoms with Crippen LogP contribution in [0.15, 0.2) is 0 Å². The minimum Gasteiger partial charge on any atom is -0.473 e. The van der Waals surface area contributed by atoms with Crippen molar-refractivity contribution in [3.63, 3.8) is 0 Å².